The molecule has 4 heteroatoms. The average Bonchev–Trinajstić information content (AvgIpc) is 2.46. The van der Waals surface area contributed by atoms with Crippen LogP contribution in [0.4, 0.5) is 0 Å². The van der Waals surface area contributed by atoms with Crippen LogP contribution in [0.2, 0.25) is 5.02 Å². The Kier molecular flexibility index (Phi) is 5.06. The molecule has 1 aromatic carbocycles. The van der Waals surface area contributed by atoms with Gasteiger partial charge >= 0.3 is 0 Å². The summed E-state index contributed by atoms with van der Waals surface area (Å²) in [4.78, 5) is 13.2. The van der Waals surface area contributed by atoms with Gasteiger partial charge in [0, 0.05) is 25.0 Å². The minimum Gasteiger partial charge on any atom is -0.388 e. The quantitative estimate of drug-likeness (QED) is 0.930. The summed E-state index contributed by atoms with van der Waals surface area (Å²) in [6.45, 7) is 5.31. The molecule has 0 unspecified atom stereocenters. The number of piperidine rings is 1. The van der Waals surface area contributed by atoms with E-state index in [9.17, 15) is 9.90 Å². The number of nitrogens with zero attached hydrogens (tertiary/aromatic N) is 1. The van der Waals surface area contributed by atoms with Gasteiger partial charge in [-0.3, -0.25) is 4.79 Å². The van der Waals surface area contributed by atoms with Gasteiger partial charge in [0.25, 0.3) is 0 Å². The predicted octanol–water partition coefficient (Wildman–Crippen LogP) is 3.27. The maximum Gasteiger partial charge on any atom is 0.219 e. The minimum atomic E-state index is -0.471. The third kappa shape index (κ3) is 3.53. The zero-order valence-corrected chi connectivity index (χ0v) is 12.8. The number of likely N-dealkylation sites (tertiary alicyclic amines) is 1. The summed E-state index contributed by atoms with van der Waals surface area (Å²) in [5.74, 6) is 0.788. The highest BCUT2D eigenvalue weighted by Crippen LogP contribution is 2.34. The maximum atomic E-state index is 11.3. The van der Waals surface area contributed by atoms with Crippen LogP contribution in [0, 0.1) is 11.8 Å². The number of aliphatic hydroxyl groups excluding tert-OH is 1. The van der Waals surface area contributed by atoms with Crippen molar-refractivity contribution in [1.29, 1.82) is 0 Å². The molecule has 0 radical (unpaired) electrons. The van der Waals surface area contributed by atoms with Gasteiger partial charge in [0.05, 0.1) is 6.10 Å². The van der Waals surface area contributed by atoms with Crippen molar-refractivity contribution < 1.29 is 9.90 Å². The summed E-state index contributed by atoms with van der Waals surface area (Å²) in [5, 5.41) is 11.2. The highest BCUT2D eigenvalue weighted by Gasteiger charge is 2.29. The molecule has 0 spiro atoms. The third-order valence-corrected chi connectivity index (χ3v) is 4.69. The summed E-state index contributed by atoms with van der Waals surface area (Å²) in [6, 6.07) is 7.39. The molecule has 1 aliphatic heterocycles. The topological polar surface area (TPSA) is 40.5 Å². The highest BCUT2D eigenvalue weighted by molar-refractivity contribution is 6.30. The molecule has 0 saturated carbocycles. The molecule has 0 bridgehead atoms. The van der Waals surface area contributed by atoms with E-state index in [0.717, 1.165) is 31.5 Å². The van der Waals surface area contributed by atoms with Crippen LogP contribution < -0.4 is 0 Å². The van der Waals surface area contributed by atoms with Crippen LogP contribution in [0.15, 0.2) is 24.3 Å². The first-order chi connectivity index (χ1) is 9.49. The van der Waals surface area contributed by atoms with E-state index in [-0.39, 0.29) is 11.8 Å². The Bertz CT molecular complexity index is 452. The van der Waals surface area contributed by atoms with Gasteiger partial charge in [-0.15, -0.1) is 0 Å². The number of aliphatic hydroxyl groups is 1. The van der Waals surface area contributed by atoms with Crippen molar-refractivity contribution in [2.45, 2.75) is 32.8 Å². The van der Waals surface area contributed by atoms with E-state index in [2.05, 4.69) is 6.92 Å². The SMILES string of the molecule is CC(=O)N1CCC([C@H](C)[C@H](O)c2ccc(Cl)cc2)CC1. The Labute approximate surface area is 125 Å². The van der Waals surface area contributed by atoms with Gasteiger partial charge in [0.2, 0.25) is 5.91 Å². The van der Waals surface area contributed by atoms with Crippen LogP contribution >= 0.6 is 11.6 Å². The van der Waals surface area contributed by atoms with Crippen LogP contribution in [-0.2, 0) is 4.79 Å². The second kappa shape index (κ2) is 6.59. The monoisotopic (exact) mass is 295 g/mol. The molecule has 0 aromatic heterocycles. The molecular weight excluding hydrogens is 274 g/mol. The number of halogens is 1. The van der Waals surface area contributed by atoms with Crippen molar-refractivity contribution >= 4 is 17.5 Å². The van der Waals surface area contributed by atoms with Crippen LogP contribution in [0.1, 0.15) is 38.4 Å². The molecule has 1 aromatic rings. The van der Waals surface area contributed by atoms with Gasteiger partial charge in [0.1, 0.15) is 0 Å². The molecule has 3 nitrogen and oxygen atoms in total. The molecule has 0 aliphatic carbocycles. The van der Waals surface area contributed by atoms with Crippen LogP contribution in [-0.4, -0.2) is 29.0 Å². The van der Waals surface area contributed by atoms with Crippen molar-refractivity contribution in [1.82, 2.24) is 4.90 Å². The molecule has 1 heterocycles. The normalized spacial score (nSPS) is 19.7. The van der Waals surface area contributed by atoms with Crippen molar-refractivity contribution in [3.8, 4) is 0 Å². The number of rotatable bonds is 3. The summed E-state index contributed by atoms with van der Waals surface area (Å²) in [6.07, 6.45) is 1.46. The van der Waals surface area contributed by atoms with Gasteiger partial charge in [-0.1, -0.05) is 30.7 Å². The smallest absolute Gasteiger partial charge is 0.219 e. The van der Waals surface area contributed by atoms with E-state index in [1.807, 2.05) is 29.2 Å². The lowest BCUT2D eigenvalue weighted by Crippen LogP contribution is -2.39. The molecule has 1 aliphatic rings. The standard InChI is InChI=1S/C16H22ClNO2/c1-11(13-7-9-18(10-8-13)12(2)19)16(20)14-3-5-15(17)6-4-14/h3-6,11,13,16,20H,7-10H2,1-2H3/t11-,16-/m0/s1. The first kappa shape index (κ1) is 15.3. The molecule has 2 atom stereocenters. The Morgan fingerprint density at radius 3 is 2.35 bits per heavy atom. The number of hydrogen-bond acceptors (Lipinski definition) is 2. The lowest BCUT2D eigenvalue weighted by atomic mass is 9.80. The van der Waals surface area contributed by atoms with Crippen molar-refractivity contribution in [3.05, 3.63) is 34.9 Å². The first-order valence-corrected chi connectivity index (χ1v) is 7.56. The third-order valence-electron chi connectivity index (χ3n) is 4.44. The molecule has 20 heavy (non-hydrogen) atoms. The second-order valence-electron chi connectivity index (χ2n) is 5.70. The Balaban J connectivity index is 1.96. The van der Waals surface area contributed by atoms with E-state index in [4.69, 9.17) is 11.6 Å². The Morgan fingerprint density at radius 2 is 1.85 bits per heavy atom. The molecule has 1 amide bonds. The molecule has 1 saturated heterocycles. The lowest BCUT2D eigenvalue weighted by Gasteiger charge is -2.36. The van der Waals surface area contributed by atoms with Gasteiger partial charge in [-0.2, -0.15) is 0 Å². The minimum absolute atomic E-state index is 0.148. The summed E-state index contributed by atoms with van der Waals surface area (Å²) in [5.41, 5.74) is 0.913. The van der Waals surface area contributed by atoms with Crippen molar-refractivity contribution in [2.75, 3.05) is 13.1 Å². The van der Waals surface area contributed by atoms with Crippen LogP contribution in [0.3, 0.4) is 0 Å². The summed E-state index contributed by atoms with van der Waals surface area (Å²) in [7, 11) is 0. The molecule has 110 valence electrons. The maximum absolute atomic E-state index is 11.3. The fourth-order valence-electron chi connectivity index (χ4n) is 2.96. The van der Waals surface area contributed by atoms with Gasteiger partial charge in [-0.05, 0) is 42.4 Å². The molecular formula is C16H22ClNO2. The highest BCUT2D eigenvalue weighted by atomic mass is 35.5. The Hall–Kier alpha value is -1.06. The van der Waals surface area contributed by atoms with E-state index >= 15 is 0 Å². The van der Waals surface area contributed by atoms with E-state index < -0.39 is 6.10 Å². The van der Waals surface area contributed by atoms with Crippen molar-refractivity contribution in [2.24, 2.45) is 11.8 Å². The zero-order valence-electron chi connectivity index (χ0n) is 12.1. The number of hydrogen-bond donors (Lipinski definition) is 1. The van der Waals surface area contributed by atoms with Gasteiger partial charge in [0.15, 0.2) is 0 Å². The van der Waals surface area contributed by atoms with Crippen LogP contribution in [0.5, 0.6) is 0 Å². The van der Waals surface area contributed by atoms with E-state index in [1.54, 1.807) is 6.92 Å². The molecule has 1 N–H and O–H groups in total. The van der Waals surface area contributed by atoms with Gasteiger partial charge in [-0.25, -0.2) is 0 Å². The molecule has 1 fully saturated rings. The number of amides is 1. The fourth-order valence-corrected chi connectivity index (χ4v) is 3.09. The van der Waals surface area contributed by atoms with E-state index in [0.29, 0.717) is 10.9 Å². The largest absolute Gasteiger partial charge is 0.388 e. The summed E-state index contributed by atoms with van der Waals surface area (Å²) >= 11 is 5.87. The number of carbonyl (C=O) groups excluding carboxylic acids is 1. The van der Waals surface area contributed by atoms with E-state index in [1.165, 1.54) is 0 Å². The number of carbonyl (C=O) groups is 1. The zero-order chi connectivity index (χ0) is 14.7. The van der Waals surface area contributed by atoms with Crippen LogP contribution in [0.25, 0.3) is 0 Å². The Morgan fingerprint density at radius 1 is 1.30 bits per heavy atom. The average molecular weight is 296 g/mol. The molecule has 2 rings (SSSR count). The number of benzene rings is 1. The fraction of sp³-hybridized carbons (Fsp3) is 0.562. The predicted molar refractivity (Wildman–Crippen MR) is 80.6 cm³/mol. The van der Waals surface area contributed by atoms with Gasteiger partial charge < -0.3 is 10.0 Å². The summed E-state index contributed by atoms with van der Waals surface area (Å²) < 4.78 is 0. The second-order valence-corrected chi connectivity index (χ2v) is 6.14. The first-order valence-electron chi connectivity index (χ1n) is 7.18. The lowest BCUT2D eigenvalue weighted by molar-refractivity contribution is -0.130. The van der Waals surface area contributed by atoms with Crippen molar-refractivity contribution in [3.63, 3.8) is 0 Å².